The summed E-state index contributed by atoms with van der Waals surface area (Å²) in [6, 6.07) is 4.82. The summed E-state index contributed by atoms with van der Waals surface area (Å²) < 4.78 is 0. The number of anilines is 2. The van der Waals surface area contributed by atoms with Crippen LogP contribution in [-0.4, -0.2) is 5.91 Å². The van der Waals surface area contributed by atoms with Crippen molar-refractivity contribution in [1.82, 2.24) is 0 Å². The number of benzene rings is 1. The summed E-state index contributed by atoms with van der Waals surface area (Å²) in [7, 11) is 0. The molecule has 0 unspecified atom stereocenters. The standard InChI is InChI=1S/C7H9N3O/c8-4-2-1-3-5(9)6(4)7(10)11/h1-3H,8-9H2,(H2,10,11). The first-order valence-electron chi connectivity index (χ1n) is 3.06. The van der Waals surface area contributed by atoms with Crippen LogP contribution in [0.1, 0.15) is 10.4 Å². The van der Waals surface area contributed by atoms with E-state index in [4.69, 9.17) is 17.2 Å². The lowest BCUT2D eigenvalue weighted by molar-refractivity contribution is 0.100. The fraction of sp³-hybridized carbons (Fsp3) is 0. The van der Waals surface area contributed by atoms with Gasteiger partial charge in [-0.15, -0.1) is 0 Å². The summed E-state index contributed by atoms with van der Waals surface area (Å²) >= 11 is 0. The van der Waals surface area contributed by atoms with Gasteiger partial charge in [0.15, 0.2) is 0 Å². The molecule has 0 atom stereocenters. The Morgan fingerprint density at radius 1 is 1.18 bits per heavy atom. The van der Waals surface area contributed by atoms with E-state index in [9.17, 15) is 4.79 Å². The van der Waals surface area contributed by atoms with Crippen molar-refractivity contribution in [2.75, 3.05) is 11.5 Å². The summed E-state index contributed by atoms with van der Waals surface area (Å²) in [5, 5.41) is 0. The van der Waals surface area contributed by atoms with Gasteiger partial charge in [-0.05, 0) is 12.1 Å². The van der Waals surface area contributed by atoms with Crippen LogP contribution in [-0.2, 0) is 0 Å². The minimum Gasteiger partial charge on any atom is -0.398 e. The number of rotatable bonds is 1. The number of carbonyl (C=O) groups is 1. The molecule has 11 heavy (non-hydrogen) atoms. The van der Waals surface area contributed by atoms with E-state index in [1.54, 1.807) is 18.2 Å². The summed E-state index contributed by atoms with van der Waals surface area (Å²) in [5.74, 6) is -0.597. The van der Waals surface area contributed by atoms with E-state index in [1.165, 1.54) is 0 Å². The molecule has 0 aliphatic carbocycles. The Bertz CT molecular complexity index is 275. The summed E-state index contributed by atoms with van der Waals surface area (Å²) in [6.07, 6.45) is 0. The molecule has 0 aliphatic heterocycles. The van der Waals surface area contributed by atoms with Gasteiger partial charge >= 0.3 is 0 Å². The Kier molecular flexibility index (Phi) is 1.68. The molecule has 4 nitrogen and oxygen atoms in total. The Balaban J connectivity index is 3.32. The molecule has 0 radical (unpaired) electrons. The maximum absolute atomic E-state index is 10.7. The van der Waals surface area contributed by atoms with E-state index in [2.05, 4.69) is 0 Å². The zero-order chi connectivity index (χ0) is 8.43. The molecule has 0 fully saturated rings. The fourth-order valence-corrected chi connectivity index (χ4v) is 0.873. The molecule has 0 heterocycles. The first-order valence-corrected chi connectivity index (χ1v) is 3.06. The molecule has 1 aromatic carbocycles. The Morgan fingerprint density at radius 2 is 1.64 bits per heavy atom. The van der Waals surface area contributed by atoms with E-state index < -0.39 is 5.91 Å². The molecule has 0 aliphatic rings. The van der Waals surface area contributed by atoms with Crippen LogP contribution in [0.2, 0.25) is 0 Å². The topological polar surface area (TPSA) is 95.1 Å². The lowest BCUT2D eigenvalue weighted by Gasteiger charge is -2.03. The van der Waals surface area contributed by atoms with E-state index in [0.717, 1.165) is 0 Å². The maximum atomic E-state index is 10.7. The number of hydrogen-bond acceptors (Lipinski definition) is 3. The minimum absolute atomic E-state index is 0.201. The van der Waals surface area contributed by atoms with Crippen LogP contribution in [0.5, 0.6) is 0 Å². The molecule has 0 aromatic heterocycles. The van der Waals surface area contributed by atoms with Gasteiger partial charge in [-0.25, -0.2) is 0 Å². The largest absolute Gasteiger partial charge is 0.398 e. The minimum atomic E-state index is -0.597. The van der Waals surface area contributed by atoms with Gasteiger partial charge < -0.3 is 17.2 Å². The van der Waals surface area contributed by atoms with Crippen LogP contribution >= 0.6 is 0 Å². The van der Waals surface area contributed by atoms with Crippen molar-refractivity contribution in [3.05, 3.63) is 23.8 Å². The number of nitrogen functional groups attached to an aromatic ring is 2. The Hall–Kier alpha value is -1.71. The van der Waals surface area contributed by atoms with Gasteiger partial charge in [0.05, 0.1) is 5.56 Å². The molecule has 0 bridgehead atoms. The smallest absolute Gasteiger partial charge is 0.252 e. The van der Waals surface area contributed by atoms with Crippen molar-refractivity contribution in [3.8, 4) is 0 Å². The molecular weight excluding hydrogens is 142 g/mol. The van der Waals surface area contributed by atoms with Crippen molar-refractivity contribution in [1.29, 1.82) is 0 Å². The average molecular weight is 151 g/mol. The first kappa shape index (κ1) is 7.40. The molecular formula is C7H9N3O. The third-order valence-corrected chi connectivity index (χ3v) is 1.38. The van der Waals surface area contributed by atoms with E-state index in [1.807, 2.05) is 0 Å². The van der Waals surface area contributed by atoms with E-state index >= 15 is 0 Å². The lowest BCUT2D eigenvalue weighted by Crippen LogP contribution is -2.15. The molecule has 4 heteroatoms. The second kappa shape index (κ2) is 2.49. The highest BCUT2D eigenvalue weighted by molar-refractivity contribution is 6.02. The monoisotopic (exact) mass is 151 g/mol. The van der Waals surface area contributed by atoms with Gasteiger partial charge in [-0.3, -0.25) is 4.79 Å². The zero-order valence-corrected chi connectivity index (χ0v) is 5.87. The summed E-state index contributed by atoms with van der Waals surface area (Å²) in [5.41, 5.74) is 16.7. The number of primary amides is 1. The van der Waals surface area contributed by atoms with Crippen molar-refractivity contribution in [2.24, 2.45) is 5.73 Å². The van der Waals surface area contributed by atoms with Gasteiger partial charge in [0.1, 0.15) is 0 Å². The quantitative estimate of drug-likeness (QED) is 0.491. The van der Waals surface area contributed by atoms with Gasteiger partial charge in [0.25, 0.3) is 5.91 Å². The molecule has 0 saturated heterocycles. The van der Waals surface area contributed by atoms with Crippen molar-refractivity contribution in [2.45, 2.75) is 0 Å². The molecule has 6 N–H and O–H groups in total. The number of amides is 1. The van der Waals surface area contributed by atoms with Crippen molar-refractivity contribution < 1.29 is 4.79 Å². The number of hydrogen-bond donors (Lipinski definition) is 3. The second-order valence-electron chi connectivity index (χ2n) is 2.18. The molecule has 1 amide bonds. The van der Waals surface area contributed by atoms with Crippen LogP contribution in [0.3, 0.4) is 0 Å². The summed E-state index contributed by atoms with van der Waals surface area (Å²) in [4.78, 5) is 10.7. The Morgan fingerprint density at radius 3 is 1.91 bits per heavy atom. The van der Waals surface area contributed by atoms with E-state index in [0.29, 0.717) is 11.4 Å². The number of nitrogens with two attached hydrogens (primary N) is 3. The predicted octanol–water partition coefficient (Wildman–Crippen LogP) is -0.0501. The van der Waals surface area contributed by atoms with Gasteiger partial charge in [0, 0.05) is 11.4 Å². The van der Waals surface area contributed by atoms with Crippen LogP contribution in [0.4, 0.5) is 11.4 Å². The highest BCUT2D eigenvalue weighted by Gasteiger charge is 2.07. The van der Waals surface area contributed by atoms with Gasteiger partial charge in [0.2, 0.25) is 0 Å². The molecule has 1 aromatic rings. The molecule has 0 spiro atoms. The fourth-order valence-electron chi connectivity index (χ4n) is 0.873. The zero-order valence-electron chi connectivity index (χ0n) is 5.87. The first-order chi connectivity index (χ1) is 5.13. The second-order valence-corrected chi connectivity index (χ2v) is 2.18. The third-order valence-electron chi connectivity index (χ3n) is 1.38. The van der Waals surface area contributed by atoms with E-state index in [-0.39, 0.29) is 5.56 Å². The predicted molar refractivity (Wildman–Crippen MR) is 43.8 cm³/mol. The van der Waals surface area contributed by atoms with Crippen molar-refractivity contribution >= 4 is 17.3 Å². The average Bonchev–Trinajstić information content (AvgIpc) is 1.85. The lowest BCUT2D eigenvalue weighted by atomic mass is 10.1. The molecule has 0 saturated carbocycles. The van der Waals surface area contributed by atoms with Crippen LogP contribution in [0.15, 0.2) is 18.2 Å². The normalized spacial score (nSPS) is 9.45. The summed E-state index contributed by atoms with van der Waals surface area (Å²) in [6.45, 7) is 0. The maximum Gasteiger partial charge on any atom is 0.252 e. The third kappa shape index (κ3) is 1.24. The van der Waals surface area contributed by atoms with Crippen LogP contribution in [0, 0.1) is 0 Å². The van der Waals surface area contributed by atoms with Crippen molar-refractivity contribution in [3.63, 3.8) is 0 Å². The Labute approximate surface area is 64.0 Å². The SMILES string of the molecule is NC(=O)c1c(N)cccc1N. The van der Waals surface area contributed by atoms with Crippen LogP contribution < -0.4 is 17.2 Å². The number of carbonyl (C=O) groups excluding carboxylic acids is 1. The van der Waals surface area contributed by atoms with Gasteiger partial charge in [-0.2, -0.15) is 0 Å². The highest BCUT2D eigenvalue weighted by atomic mass is 16.1. The molecule has 58 valence electrons. The molecule has 1 rings (SSSR count). The van der Waals surface area contributed by atoms with Crippen LogP contribution in [0.25, 0.3) is 0 Å². The van der Waals surface area contributed by atoms with Gasteiger partial charge in [-0.1, -0.05) is 6.07 Å². The highest BCUT2D eigenvalue weighted by Crippen LogP contribution is 2.17.